The second-order valence-corrected chi connectivity index (χ2v) is 6.75. The van der Waals surface area contributed by atoms with Crippen LogP contribution in [0, 0.1) is 13.8 Å². The quantitative estimate of drug-likeness (QED) is 0.597. The van der Waals surface area contributed by atoms with E-state index in [0.29, 0.717) is 6.54 Å². The molecule has 0 spiro atoms. The second-order valence-electron chi connectivity index (χ2n) is 5.46. The summed E-state index contributed by atoms with van der Waals surface area (Å²) in [5.74, 6) is 1.70. The van der Waals surface area contributed by atoms with Crippen LogP contribution in [-0.2, 0) is 13.0 Å². The summed E-state index contributed by atoms with van der Waals surface area (Å²) in [6, 6.07) is 7.99. The molecule has 0 aliphatic heterocycles. The number of hydrogen-bond acceptors (Lipinski definition) is 4. The monoisotopic (exact) mass is 346 g/mol. The number of thiazole rings is 1. The molecule has 2 aromatic rings. The molecule has 0 aliphatic carbocycles. The van der Waals surface area contributed by atoms with E-state index >= 15 is 0 Å². The van der Waals surface area contributed by atoms with Crippen LogP contribution in [0.5, 0.6) is 5.75 Å². The second kappa shape index (κ2) is 9.27. The molecule has 6 heteroatoms. The summed E-state index contributed by atoms with van der Waals surface area (Å²) in [4.78, 5) is 10.4. The van der Waals surface area contributed by atoms with E-state index in [-0.39, 0.29) is 0 Å². The molecule has 0 saturated heterocycles. The minimum Gasteiger partial charge on any atom is -0.497 e. The smallest absolute Gasteiger partial charge is 0.191 e. The summed E-state index contributed by atoms with van der Waals surface area (Å²) in [7, 11) is 1.67. The lowest BCUT2D eigenvalue weighted by Crippen LogP contribution is -2.38. The van der Waals surface area contributed by atoms with Crippen LogP contribution in [0.1, 0.15) is 28.1 Å². The Bertz CT molecular complexity index is 664. The Hall–Kier alpha value is -2.08. The fraction of sp³-hybridized carbons (Fsp3) is 0.444. The van der Waals surface area contributed by atoms with Crippen LogP contribution in [0.4, 0.5) is 0 Å². The first-order valence-electron chi connectivity index (χ1n) is 8.20. The van der Waals surface area contributed by atoms with Crippen molar-refractivity contribution in [3.05, 3.63) is 45.4 Å². The van der Waals surface area contributed by atoms with Crippen LogP contribution >= 0.6 is 11.3 Å². The molecule has 2 N–H and O–H groups in total. The third-order valence-electron chi connectivity index (χ3n) is 3.57. The Morgan fingerprint density at radius 3 is 2.54 bits per heavy atom. The van der Waals surface area contributed by atoms with Crippen LogP contribution in [-0.4, -0.2) is 31.1 Å². The van der Waals surface area contributed by atoms with E-state index in [1.54, 1.807) is 18.4 Å². The highest BCUT2D eigenvalue weighted by molar-refractivity contribution is 7.11. The van der Waals surface area contributed by atoms with Gasteiger partial charge in [-0.2, -0.15) is 0 Å². The van der Waals surface area contributed by atoms with Crippen molar-refractivity contribution in [3.63, 3.8) is 0 Å². The largest absolute Gasteiger partial charge is 0.497 e. The van der Waals surface area contributed by atoms with Crippen molar-refractivity contribution in [1.82, 2.24) is 15.6 Å². The van der Waals surface area contributed by atoms with E-state index in [1.807, 2.05) is 24.3 Å². The summed E-state index contributed by atoms with van der Waals surface area (Å²) in [6.07, 6.45) is 0.963. The number of hydrogen-bond donors (Lipinski definition) is 2. The van der Waals surface area contributed by atoms with Gasteiger partial charge in [0.1, 0.15) is 5.75 Å². The zero-order valence-corrected chi connectivity index (χ0v) is 15.7. The normalized spacial score (nSPS) is 11.4. The maximum absolute atomic E-state index is 5.18. The molecule has 2 rings (SSSR count). The van der Waals surface area contributed by atoms with Crippen molar-refractivity contribution >= 4 is 17.3 Å². The number of aromatic nitrogens is 1. The maximum atomic E-state index is 5.18. The zero-order chi connectivity index (χ0) is 17.4. The van der Waals surface area contributed by atoms with Crippen molar-refractivity contribution in [2.24, 2.45) is 4.99 Å². The van der Waals surface area contributed by atoms with E-state index < -0.39 is 0 Å². The van der Waals surface area contributed by atoms with Gasteiger partial charge in [-0.3, -0.25) is 0 Å². The highest BCUT2D eigenvalue weighted by Gasteiger charge is 2.05. The predicted octanol–water partition coefficient (Wildman–Crippen LogP) is 3.07. The van der Waals surface area contributed by atoms with Gasteiger partial charge in [-0.1, -0.05) is 12.1 Å². The minimum atomic E-state index is 0.637. The Kier molecular flexibility index (Phi) is 7.06. The standard InChI is InChI=1S/C18H26N4OS/c1-5-19-18(20-11-10-17-13(2)22-14(3)24-17)21-12-15-6-8-16(23-4)9-7-15/h6-9H,5,10-12H2,1-4H3,(H2,19,20,21). The van der Waals surface area contributed by atoms with E-state index in [9.17, 15) is 0 Å². The van der Waals surface area contributed by atoms with Crippen LogP contribution in [0.3, 0.4) is 0 Å². The van der Waals surface area contributed by atoms with Gasteiger partial charge in [-0.05, 0) is 38.5 Å². The molecule has 130 valence electrons. The molecule has 0 aliphatic rings. The predicted molar refractivity (Wildman–Crippen MR) is 101 cm³/mol. The number of ether oxygens (including phenoxy) is 1. The molecule has 0 atom stereocenters. The number of rotatable bonds is 7. The van der Waals surface area contributed by atoms with E-state index in [1.165, 1.54) is 4.88 Å². The van der Waals surface area contributed by atoms with Gasteiger partial charge in [0.15, 0.2) is 5.96 Å². The average molecular weight is 347 g/mol. The van der Waals surface area contributed by atoms with Crippen LogP contribution < -0.4 is 15.4 Å². The lowest BCUT2D eigenvalue weighted by molar-refractivity contribution is 0.414. The topological polar surface area (TPSA) is 58.5 Å². The van der Waals surface area contributed by atoms with Crippen molar-refractivity contribution in [3.8, 4) is 5.75 Å². The van der Waals surface area contributed by atoms with Gasteiger partial charge in [-0.25, -0.2) is 9.98 Å². The molecule has 0 unspecified atom stereocenters. The third-order valence-corrected chi connectivity index (χ3v) is 4.70. The van der Waals surface area contributed by atoms with E-state index in [0.717, 1.165) is 47.5 Å². The molecule has 0 amide bonds. The van der Waals surface area contributed by atoms with Crippen molar-refractivity contribution in [2.75, 3.05) is 20.2 Å². The van der Waals surface area contributed by atoms with Crippen LogP contribution in [0.25, 0.3) is 0 Å². The lowest BCUT2D eigenvalue weighted by Gasteiger charge is -2.11. The summed E-state index contributed by atoms with van der Waals surface area (Å²) in [5, 5.41) is 7.80. The molecule has 1 aromatic heterocycles. The van der Waals surface area contributed by atoms with Crippen LogP contribution in [0.2, 0.25) is 0 Å². The molecule has 0 radical (unpaired) electrons. The number of aryl methyl sites for hydroxylation is 2. The summed E-state index contributed by atoms with van der Waals surface area (Å²) in [6.45, 7) is 8.51. The molecular formula is C18H26N4OS. The Balaban J connectivity index is 1.88. The lowest BCUT2D eigenvalue weighted by atomic mass is 10.2. The van der Waals surface area contributed by atoms with Crippen LogP contribution in [0.15, 0.2) is 29.3 Å². The van der Waals surface area contributed by atoms with E-state index in [4.69, 9.17) is 4.74 Å². The minimum absolute atomic E-state index is 0.637. The highest BCUT2D eigenvalue weighted by Crippen LogP contribution is 2.17. The Morgan fingerprint density at radius 2 is 1.96 bits per heavy atom. The first-order valence-corrected chi connectivity index (χ1v) is 9.02. The molecular weight excluding hydrogens is 320 g/mol. The van der Waals surface area contributed by atoms with Gasteiger partial charge in [0, 0.05) is 24.4 Å². The summed E-state index contributed by atoms with van der Waals surface area (Å²) in [5.41, 5.74) is 2.29. The Labute approximate surface area is 148 Å². The highest BCUT2D eigenvalue weighted by atomic mass is 32.1. The summed E-state index contributed by atoms with van der Waals surface area (Å²) < 4.78 is 5.18. The molecule has 24 heavy (non-hydrogen) atoms. The van der Waals surface area contributed by atoms with Gasteiger partial charge in [-0.15, -0.1) is 11.3 Å². The number of methoxy groups -OCH3 is 1. The third kappa shape index (κ3) is 5.53. The summed E-state index contributed by atoms with van der Waals surface area (Å²) >= 11 is 1.77. The average Bonchev–Trinajstić information content (AvgIpc) is 2.90. The first-order chi connectivity index (χ1) is 11.6. The SMILES string of the molecule is CCNC(=NCc1ccc(OC)cc1)NCCc1sc(C)nc1C. The van der Waals surface area contributed by atoms with Crippen molar-refractivity contribution < 1.29 is 4.74 Å². The zero-order valence-electron chi connectivity index (χ0n) is 14.8. The van der Waals surface area contributed by atoms with E-state index in [2.05, 4.69) is 41.4 Å². The van der Waals surface area contributed by atoms with Gasteiger partial charge in [0.25, 0.3) is 0 Å². The number of benzene rings is 1. The number of aliphatic imine (C=N–C) groups is 1. The fourth-order valence-electron chi connectivity index (χ4n) is 2.34. The van der Waals surface area contributed by atoms with Gasteiger partial charge in [0.05, 0.1) is 24.4 Å². The number of nitrogens with one attached hydrogen (secondary N) is 2. The van der Waals surface area contributed by atoms with Gasteiger partial charge >= 0.3 is 0 Å². The van der Waals surface area contributed by atoms with Crippen molar-refractivity contribution in [1.29, 1.82) is 0 Å². The van der Waals surface area contributed by atoms with Gasteiger partial charge in [0.2, 0.25) is 0 Å². The number of guanidine groups is 1. The molecule has 0 bridgehead atoms. The fourth-order valence-corrected chi connectivity index (χ4v) is 3.28. The first kappa shape index (κ1) is 18.3. The molecule has 5 nitrogen and oxygen atoms in total. The van der Waals surface area contributed by atoms with Crippen molar-refractivity contribution in [2.45, 2.75) is 33.7 Å². The maximum Gasteiger partial charge on any atom is 0.191 e. The molecule has 1 heterocycles. The van der Waals surface area contributed by atoms with Gasteiger partial charge < -0.3 is 15.4 Å². The molecule has 1 aromatic carbocycles. The Morgan fingerprint density at radius 1 is 1.21 bits per heavy atom. The number of nitrogens with zero attached hydrogens (tertiary/aromatic N) is 2. The molecule has 0 saturated carbocycles. The molecule has 0 fully saturated rings.